The highest BCUT2D eigenvalue weighted by molar-refractivity contribution is 14.0. The second-order valence-electron chi connectivity index (χ2n) is 6.96. The first-order valence-corrected chi connectivity index (χ1v) is 11.5. The molecular formula is C17H36IN5O3S. The first-order chi connectivity index (χ1) is 12.5. The summed E-state index contributed by atoms with van der Waals surface area (Å²) in [5.41, 5.74) is 0. The van der Waals surface area contributed by atoms with E-state index in [0.717, 1.165) is 45.5 Å². The Labute approximate surface area is 181 Å². The molecule has 0 aromatic carbocycles. The van der Waals surface area contributed by atoms with Crippen molar-refractivity contribution in [2.24, 2.45) is 4.99 Å². The monoisotopic (exact) mass is 517 g/mol. The molecule has 3 N–H and O–H groups in total. The van der Waals surface area contributed by atoms with Gasteiger partial charge in [-0.25, -0.2) is 13.1 Å². The molecule has 0 saturated carbocycles. The van der Waals surface area contributed by atoms with Gasteiger partial charge in [0.05, 0.1) is 11.9 Å². The van der Waals surface area contributed by atoms with Crippen molar-refractivity contribution in [2.45, 2.75) is 51.2 Å². The van der Waals surface area contributed by atoms with Gasteiger partial charge in [-0.3, -0.25) is 9.89 Å². The van der Waals surface area contributed by atoms with Crippen LogP contribution in [0.25, 0.3) is 0 Å². The number of hydrogen-bond acceptors (Lipinski definition) is 5. The number of nitrogens with one attached hydrogen (secondary N) is 3. The molecule has 0 bridgehead atoms. The number of likely N-dealkylation sites (tertiary alicyclic amines) is 1. The lowest BCUT2D eigenvalue weighted by Gasteiger charge is -2.24. The lowest BCUT2D eigenvalue weighted by Crippen LogP contribution is -2.46. The van der Waals surface area contributed by atoms with Crippen molar-refractivity contribution < 1.29 is 13.2 Å². The van der Waals surface area contributed by atoms with E-state index in [9.17, 15) is 8.42 Å². The average molecular weight is 517 g/mol. The summed E-state index contributed by atoms with van der Waals surface area (Å²) in [5.74, 6) is 0.670. The Hall–Kier alpha value is -0.170. The Balaban J connectivity index is 0.00000364. The number of nitrogens with zero attached hydrogens (tertiary/aromatic N) is 2. The van der Waals surface area contributed by atoms with E-state index in [2.05, 4.69) is 32.2 Å². The van der Waals surface area contributed by atoms with Gasteiger partial charge in [0.1, 0.15) is 0 Å². The van der Waals surface area contributed by atoms with Gasteiger partial charge in [0.25, 0.3) is 0 Å². The summed E-state index contributed by atoms with van der Waals surface area (Å²) in [4.78, 5) is 6.64. The van der Waals surface area contributed by atoms with E-state index in [1.54, 1.807) is 7.05 Å². The van der Waals surface area contributed by atoms with Crippen LogP contribution in [0, 0.1) is 0 Å². The van der Waals surface area contributed by atoms with Crippen molar-refractivity contribution in [1.29, 1.82) is 0 Å². The Morgan fingerprint density at radius 1 is 1.19 bits per heavy atom. The highest BCUT2D eigenvalue weighted by Crippen LogP contribution is 2.15. The molecule has 0 aliphatic carbocycles. The predicted octanol–water partition coefficient (Wildman–Crippen LogP) is 0.742. The van der Waals surface area contributed by atoms with Gasteiger partial charge in [-0.2, -0.15) is 0 Å². The lowest BCUT2D eigenvalue weighted by atomic mass is 10.1. The summed E-state index contributed by atoms with van der Waals surface area (Å²) in [7, 11) is -1.61. The standard InChI is InChI=1S/C17H35N5O3S.HI/c1-3-22-10-6-7-15(22)13-20-17(18-2)19-9-12-26(23,24)21-14-16-8-4-5-11-25-16;/h15-16,21H,3-14H2,1-2H3,(H2,18,19,20);1H. The highest BCUT2D eigenvalue weighted by atomic mass is 127. The van der Waals surface area contributed by atoms with E-state index in [-0.39, 0.29) is 35.8 Å². The number of hydrogen-bond donors (Lipinski definition) is 3. The maximum Gasteiger partial charge on any atom is 0.213 e. The van der Waals surface area contributed by atoms with Crippen molar-refractivity contribution in [3.05, 3.63) is 0 Å². The SMILES string of the molecule is CCN1CCCC1CNC(=NC)NCCS(=O)(=O)NCC1CCCCO1.I. The van der Waals surface area contributed by atoms with Gasteiger partial charge in [0.15, 0.2) is 5.96 Å². The van der Waals surface area contributed by atoms with Crippen molar-refractivity contribution >= 4 is 40.0 Å². The molecule has 2 rings (SSSR count). The number of ether oxygens (including phenoxy) is 1. The maximum atomic E-state index is 12.1. The fourth-order valence-electron chi connectivity index (χ4n) is 3.54. The topological polar surface area (TPSA) is 95.1 Å². The van der Waals surface area contributed by atoms with Crippen LogP contribution in [0.1, 0.15) is 39.0 Å². The molecule has 0 radical (unpaired) electrons. The van der Waals surface area contributed by atoms with Crippen LogP contribution in [0.4, 0.5) is 0 Å². The third-order valence-electron chi connectivity index (χ3n) is 5.10. The lowest BCUT2D eigenvalue weighted by molar-refractivity contribution is 0.0200. The number of rotatable bonds is 9. The molecule has 2 atom stereocenters. The molecule has 0 spiro atoms. The molecule has 8 nitrogen and oxygen atoms in total. The van der Waals surface area contributed by atoms with Gasteiger partial charge < -0.3 is 15.4 Å². The number of guanidine groups is 1. The van der Waals surface area contributed by atoms with Crippen molar-refractivity contribution in [3.63, 3.8) is 0 Å². The molecule has 160 valence electrons. The summed E-state index contributed by atoms with van der Waals surface area (Å²) in [6.07, 6.45) is 5.53. The van der Waals surface area contributed by atoms with E-state index >= 15 is 0 Å². The summed E-state index contributed by atoms with van der Waals surface area (Å²) < 4.78 is 32.4. The van der Waals surface area contributed by atoms with Crippen LogP contribution in [0.3, 0.4) is 0 Å². The van der Waals surface area contributed by atoms with E-state index in [1.807, 2.05) is 0 Å². The molecule has 2 saturated heterocycles. The largest absolute Gasteiger partial charge is 0.377 e. The summed E-state index contributed by atoms with van der Waals surface area (Å²) in [6.45, 7) is 6.65. The van der Waals surface area contributed by atoms with Gasteiger partial charge in [-0.15, -0.1) is 24.0 Å². The minimum atomic E-state index is -3.31. The normalized spacial score (nSPS) is 24.4. The Kier molecular flexibility index (Phi) is 12.1. The zero-order valence-electron chi connectivity index (χ0n) is 16.6. The number of likely N-dealkylation sites (N-methyl/N-ethyl adjacent to an activating group) is 1. The molecule has 0 amide bonds. The molecule has 2 heterocycles. The van der Waals surface area contributed by atoms with Crippen LogP contribution in [-0.2, 0) is 14.8 Å². The molecule has 0 aromatic heterocycles. The second kappa shape index (κ2) is 13.1. The molecule has 0 aromatic rings. The van der Waals surface area contributed by atoms with Crippen molar-refractivity contribution in [2.75, 3.05) is 52.1 Å². The fourth-order valence-corrected chi connectivity index (χ4v) is 4.50. The minimum Gasteiger partial charge on any atom is -0.377 e. The van der Waals surface area contributed by atoms with Gasteiger partial charge in [0, 0.05) is 39.3 Å². The molecular weight excluding hydrogens is 481 g/mol. The highest BCUT2D eigenvalue weighted by Gasteiger charge is 2.23. The van der Waals surface area contributed by atoms with Crippen molar-refractivity contribution in [1.82, 2.24) is 20.3 Å². The van der Waals surface area contributed by atoms with Crippen LogP contribution in [0.5, 0.6) is 0 Å². The molecule has 2 aliphatic heterocycles. The summed E-state index contributed by atoms with van der Waals surface area (Å²) in [6, 6.07) is 0.527. The maximum absolute atomic E-state index is 12.1. The van der Waals surface area contributed by atoms with Gasteiger partial charge in [-0.05, 0) is 45.2 Å². The Morgan fingerprint density at radius 2 is 2.00 bits per heavy atom. The van der Waals surface area contributed by atoms with Crippen molar-refractivity contribution in [3.8, 4) is 0 Å². The Morgan fingerprint density at radius 3 is 2.67 bits per heavy atom. The average Bonchev–Trinajstić information content (AvgIpc) is 3.11. The molecule has 2 aliphatic rings. The van der Waals surface area contributed by atoms with Gasteiger partial charge in [0.2, 0.25) is 10.0 Å². The first kappa shape index (κ1) is 24.9. The van der Waals surface area contributed by atoms with Gasteiger partial charge >= 0.3 is 0 Å². The summed E-state index contributed by atoms with van der Waals surface area (Å²) in [5, 5.41) is 6.40. The first-order valence-electron chi connectivity index (χ1n) is 9.81. The minimum absolute atomic E-state index is 0. The van der Waals surface area contributed by atoms with Crippen LogP contribution in [0.15, 0.2) is 4.99 Å². The van der Waals surface area contributed by atoms with E-state index in [0.29, 0.717) is 25.1 Å². The van der Waals surface area contributed by atoms with E-state index < -0.39 is 10.0 Å². The van der Waals surface area contributed by atoms with E-state index in [1.165, 1.54) is 12.8 Å². The second-order valence-corrected chi connectivity index (χ2v) is 8.89. The predicted molar refractivity (Wildman–Crippen MR) is 120 cm³/mol. The van der Waals surface area contributed by atoms with E-state index in [4.69, 9.17) is 4.74 Å². The van der Waals surface area contributed by atoms with Crippen LogP contribution >= 0.6 is 24.0 Å². The van der Waals surface area contributed by atoms with Crippen LogP contribution < -0.4 is 15.4 Å². The third-order valence-corrected chi connectivity index (χ3v) is 6.45. The number of sulfonamides is 1. The number of aliphatic imine (C=N–C) groups is 1. The third kappa shape index (κ3) is 9.25. The summed E-state index contributed by atoms with van der Waals surface area (Å²) >= 11 is 0. The van der Waals surface area contributed by atoms with Crippen LogP contribution in [-0.4, -0.2) is 83.6 Å². The van der Waals surface area contributed by atoms with Gasteiger partial charge in [-0.1, -0.05) is 6.92 Å². The number of halogens is 1. The van der Waals surface area contributed by atoms with Crippen LogP contribution in [0.2, 0.25) is 0 Å². The molecule has 2 unspecified atom stereocenters. The Bertz CT molecular complexity index is 541. The zero-order chi connectivity index (χ0) is 18.8. The molecule has 10 heteroatoms. The molecule has 27 heavy (non-hydrogen) atoms. The quantitative estimate of drug-likeness (QED) is 0.237. The molecule has 2 fully saturated rings. The fraction of sp³-hybridized carbons (Fsp3) is 0.941. The zero-order valence-corrected chi connectivity index (χ0v) is 19.7. The smallest absolute Gasteiger partial charge is 0.213 e.